The smallest absolute Gasteiger partial charge is 0.317 e. The summed E-state index contributed by atoms with van der Waals surface area (Å²) in [6.07, 6.45) is 9.14. The van der Waals surface area contributed by atoms with Gasteiger partial charge in [-0.2, -0.15) is 0 Å². The van der Waals surface area contributed by atoms with Gasteiger partial charge in [0.1, 0.15) is 5.25 Å². The highest BCUT2D eigenvalue weighted by atomic mass is 35.5. The SMILES string of the molecule is O=C(O)[C@H]1CC(=O)N(CCC23CC4CC(CC(C4)C2)C3)C(=Nc2ccc(Cl)cc2)S1. The van der Waals surface area contributed by atoms with Crippen molar-refractivity contribution >= 4 is 46.1 Å². The minimum Gasteiger partial charge on any atom is -0.480 e. The van der Waals surface area contributed by atoms with Crippen molar-refractivity contribution in [1.82, 2.24) is 4.90 Å². The maximum atomic E-state index is 12.9. The molecule has 0 radical (unpaired) electrons. The number of nitrogens with zero attached hydrogens (tertiary/aromatic N) is 2. The van der Waals surface area contributed by atoms with Crippen LogP contribution in [0, 0.1) is 23.2 Å². The van der Waals surface area contributed by atoms with E-state index in [1.54, 1.807) is 29.2 Å². The lowest BCUT2D eigenvalue weighted by molar-refractivity contribution is -0.139. The lowest BCUT2D eigenvalue weighted by atomic mass is 9.49. The molecule has 0 unspecified atom stereocenters. The maximum absolute atomic E-state index is 12.9. The third-order valence-electron chi connectivity index (χ3n) is 7.50. The van der Waals surface area contributed by atoms with Crippen molar-refractivity contribution < 1.29 is 14.7 Å². The molecule has 4 aliphatic carbocycles. The molecule has 1 atom stereocenters. The summed E-state index contributed by atoms with van der Waals surface area (Å²) in [7, 11) is 0. The molecule has 1 aromatic rings. The van der Waals surface area contributed by atoms with Crippen LogP contribution in [0.2, 0.25) is 5.02 Å². The van der Waals surface area contributed by atoms with Gasteiger partial charge < -0.3 is 5.11 Å². The third-order valence-corrected chi connectivity index (χ3v) is 8.92. The Kier molecular flexibility index (Phi) is 5.34. The second kappa shape index (κ2) is 7.86. The fourth-order valence-electron chi connectivity index (χ4n) is 6.62. The summed E-state index contributed by atoms with van der Waals surface area (Å²) < 4.78 is 0. The van der Waals surface area contributed by atoms with Gasteiger partial charge in [-0.3, -0.25) is 14.5 Å². The van der Waals surface area contributed by atoms with Crippen LogP contribution in [0.1, 0.15) is 51.4 Å². The summed E-state index contributed by atoms with van der Waals surface area (Å²) >= 11 is 7.16. The molecule has 1 N–H and O–H groups in total. The van der Waals surface area contributed by atoms with Gasteiger partial charge in [-0.15, -0.1) is 0 Å². The van der Waals surface area contributed by atoms with Gasteiger partial charge >= 0.3 is 5.97 Å². The van der Waals surface area contributed by atoms with Crippen molar-refractivity contribution in [2.45, 2.75) is 56.6 Å². The Labute approximate surface area is 186 Å². The van der Waals surface area contributed by atoms with Crippen LogP contribution < -0.4 is 0 Å². The van der Waals surface area contributed by atoms with Gasteiger partial charge in [-0.25, -0.2) is 4.99 Å². The third kappa shape index (κ3) is 4.01. The van der Waals surface area contributed by atoms with Crippen LogP contribution in [0.4, 0.5) is 5.69 Å². The Balaban J connectivity index is 1.36. The normalized spacial score (nSPS) is 36.5. The van der Waals surface area contributed by atoms with Crippen LogP contribution in [0.15, 0.2) is 29.3 Å². The lowest BCUT2D eigenvalue weighted by Gasteiger charge is -2.57. The molecular formula is C23H27ClN2O3S. The van der Waals surface area contributed by atoms with Crippen molar-refractivity contribution in [3.8, 4) is 0 Å². The van der Waals surface area contributed by atoms with Gasteiger partial charge in [-0.05, 0) is 92.4 Å². The number of carbonyl (C=O) groups excluding carboxylic acids is 1. The molecular weight excluding hydrogens is 420 g/mol. The minimum atomic E-state index is -0.960. The molecule has 4 bridgehead atoms. The predicted molar refractivity (Wildman–Crippen MR) is 119 cm³/mol. The average molecular weight is 447 g/mol. The van der Waals surface area contributed by atoms with Gasteiger partial charge in [0.2, 0.25) is 5.91 Å². The van der Waals surface area contributed by atoms with Crippen LogP contribution in [-0.4, -0.2) is 38.8 Å². The first-order chi connectivity index (χ1) is 14.4. The predicted octanol–water partition coefficient (Wildman–Crippen LogP) is 5.35. The van der Waals surface area contributed by atoms with Gasteiger partial charge in [0.25, 0.3) is 0 Å². The first kappa shape index (κ1) is 20.4. The molecule has 0 spiro atoms. The second-order valence-corrected chi connectivity index (χ2v) is 11.3. The van der Waals surface area contributed by atoms with Crippen LogP contribution in [0.5, 0.6) is 0 Å². The standard InChI is InChI=1S/C23H27ClN2O3S/c24-17-1-3-18(4-2-17)25-22-26(20(27)10-19(30-22)21(28)29)6-5-23-11-14-7-15(12-23)9-16(8-14)13-23/h1-4,14-16,19H,5-13H2,(H,28,29)/t14?,15?,16?,19-,23?/m1/s1. The molecule has 1 aromatic carbocycles. The zero-order valence-electron chi connectivity index (χ0n) is 16.9. The Morgan fingerprint density at radius 3 is 2.30 bits per heavy atom. The summed E-state index contributed by atoms with van der Waals surface area (Å²) in [5.74, 6) is 1.54. The summed E-state index contributed by atoms with van der Waals surface area (Å²) in [5.41, 5.74) is 1.05. The molecule has 5 aliphatic rings. The van der Waals surface area contributed by atoms with Gasteiger partial charge in [-0.1, -0.05) is 23.4 Å². The number of halogens is 1. The molecule has 5 fully saturated rings. The van der Waals surface area contributed by atoms with E-state index in [0.717, 1.165) is 24.2 Å². The lowest BCUT2D eigenvalue weighted by Crippen LogP contribution is -2.49. The molecule has 1 saturated heterocycles. The highest BCUT2D eigenvalue weighted by molar-refractivity contribution is 8.15. The van der Waals surface area contributed by atoms with Gasteiger partial charge in [0.15, 0.2) is 5.17 Å². The highest BCUT2D eigenvalue weighted by Gasteiger charge is 2.51. The summed E-state index contributed by atoms with van der Waals surface area (Å²) in [4.78, 5) is 30.9. The van der Waals surface area contributed by atoms with E-state index < -0.39 is 11.2 Å². The molecule has 1 amide bonds. The van der Waals surface area contributed by atoms with Crippen LogP contribution in [0.3, 0.4) is 0 Å². The van der Waals surface area contributed by atoms with E-state index in [1.165, 1.54) is 50.3 Å². The van der Waals surface area contributed by atoms with E-state index in [0.29, 0.717) is 27.8 Å². The van der Waals surface area contributed by atoms with Crippen LogP contribution >= 0.6 is 23.4 Å². The zero-order valence-corrected chi connectivity index (χ0v) is 18.5. The van der Waals surface area contributed by atoms with E-state index in [4.69, 9.17) is 11.6 Å². The number of carboxylic acids is 1. The number of hydrogen-bond acceptors (Lipinski definition) is 4. The Morgan fingerprint density at radius 2 is 1.73 bits per heavy atom. The van der Waals surface area contributed by atoms with Crippen molar-refractivity contribution in [3.63, 3.8) is 0 Å². The molecule has 5 nitrogen and oxygen atoms in total. The number of rotatable bonds is 5. The van der Waals surface area contributed by atoms with Crippen molar-refractivity contribution in [2.24, 2.45) is 28.2 Å². The fourth-order valence-corrected chi connectivity index (χ4v) is 7.81. The van der Waals surface area contributed by atoms with Crippen molar-refractivity contribution in [2.75, 3.05) is 6.54 Å². The monoisotopic (exact) mass is 446 g/mol. The quantitative estimate of drug-likeness (QED) is 0.661. The molecule has 1 heterocycles. The summed E-state index contributed by atoms with van der Waals surface area (Å²) in [6, 6.07) is 7.10. The van der Waals surface area contributed by atoms with Crippen molar-refractivity contribution in [3.05, 3.63) is 29.3 Å². The topological polar surface area (TPSA) is 70.0 Å². The number of carboxylic acid groups (broad SMARTS) is 1. The average Bonchev–Trinajstić information content (AvgIpc) is 2.68. The molecule has 30 heavy (non-hydrogen) atoms. The number of amidine groups is 1. The summed E-state index contributed by atoms with van der Waals surface area (Å²) in [6.45, 7) is 0.636. The van der Waals surface area contributed by atoms with Gasteiger partial charge in [0, 0.05) is 11.6 Å². The molecule has 7 heteroatoms. The molecule has 1 aliphatic heterocycles. The highest BCUT2D eigenvalue weighted by Crippen LogP contribution is 2.61. The number of benzene rings is 1. The van der Waals surface area contributed by atoms with E-state index in [2.05, 4.69) is 4.99 Å². The largest absolute Gasteiger partial charge is 0.480 e. The van der Waals surface area contributed by atoms with Gasteiger partial charge in [0.05, 0.1) is 12.1 Å². The number of hydrogen-bond donors (Lipinski definition) is 1. The van der Waals surface area contributed by atoms with Crippen LogP contribution in [0.25, 0.3) is 0 Å². The molecule has 4 saturated carbocycles. The minimum absolute atomic E-state index is 0.0283. The van der Waals surface area contributed by atoms with E-state index >= 15 is 0 Å². The number of thioether (sulfide) groups is 1. The number of aliphatic imine (C=N–C) groups is 1. The fraction of sp³-hybridized carbons (Fsp3) is 0.609. The Morgan fingerprint density at radius 1 is 1.13 bits per heavy atom. The molecule has 0 aromatic heterocycles. The molecule has 160 valence electrons. The summed E-state index contributed by atoms with van der Waals surface area (Å²) in [5, 5.41) is 9.83. The number of aliphatic carboxylic acids is 1. The van der Waals surface area contributed by atoms with E-state index in [9.17, 15) is 14.7 Å². The van der Waals surface area contributed by atoms with E-state index in [-0.39, 0.29) is 12.3 Å². The number of carbonyl (C=O) groups is 2. The second-order valence-electron chi connectivity index (χ2n) is 9.73. The molecule has 6 rings (SSSR count). The Bertz CT molecular complexity index is 850. The Hall–Kier alpha value is -1.53. The maximum Gasteiger partial charge on any atom is 0.317 e. The van der Waals surface area contributed by atoms with Crippen LogP contribution in [-0.2, 0) is 9.59 Å². The van der Waals surface area contributed by atoms with E-state index in [1.807, 2.05) is 0 Å². The number of amides is 1. The first-order valence-electron chi connectivity index (χ1n) is 10.9. The zero-order chi connectivity index (χ0) is 20.9. The first-order valence-corrected chi connectivity index (χ1v) is 12.2. The van der Waals surface area contributed by atoms with Crippen molar-refractivity contribution in [1.29, 1.82) is 0 Å².